The second-order valence-electron chi connectivity index (χ2n) is 4.59. The minimum atomic E-state index is 0.516. The molecule has 4 heteroatoms. The van der Waals surface area contributed by atoms with Crippen LogP contribution in [-0.2, 0) is 0 Å². The van der Waals surface area contributed by atoms with E-state index in [1.165, 1.54) is 24.0 Å². The molecule has 0 saturated carbocycles. The lowest BCUT2D eigenvalue weighted by Gasteiger charge is -2.15. The van der Waals surface area contributed by atoms with Crippen LogP contribution >= 0.6 is 15.9 Å². The zero-order valence-corrected chi connectivity index (χ0v) is 11.3. The summed E-state index contributed by atoms with van der Waals surface area (Å²) in [7, 11) is 1.67. The average molecular weight is 295 g/mol. The quantitative estimate of drug-likeness (QED) is 0.852. The maximum atomic E-state index is 5.30. The number of nitrogens with one attached hydrogen (secondary N) is 1. The number of ether oxygens (including phenoxy) is 1. The predicted molar refractivity (Wildman–Crippen MR) is 71.0 cm³/mol. The van der Waals surface area contributed by atoms with Crippen LogP contribution in [0.4, 0.5) is 0 Å². The first-order chi connectivity index (χ1) is 8.29. The van der Waals surface area contributed by atoms with Gasteiger partial charge in [-0.3, -0.25) is 0 Å². The van der Waals surface area contributed by atoms with Gasteiger partial charge in [0.05, 0.1) is 7.11 Å². The number of pyridine rings is 1. The number of halogens is 1. The van der Waals surface area contributed by atoms with E-state index < -0.39 is 0 Å². The highest BCUT2D eigenvalue weighted by atomic mass is 79.9. The van der Waals surface area contributed by atoms with Gasteiger partial charge in [-0.2, -0.15) is 0 Å². The van der Waals surface area contributed by atoms with E-state index in [1.54, 1.807) is 7.11 Å². The monoisotopic (exact) mass is 294 g/mol. The standard InChI is InChI=1S/C13H15BrN2O/c1-17-11-6-9(7-16-13(11)14)10-3-2-8-4-5-15-12(8)10/h3,6-8,12,15H,2,4-5H2,1H3/t8-,12+/m1/s1. The van der Waals surface area contributed by atoms with E-state index in [1.807, 2.05) is 6.20 Å². The van der Waals surface area contributed by atoms with Crippen molar-refractivity contribution in [3.05, 3.63) is 28.5 Å². The Kier molecular flexibility index (Phi) is 2.92. The molecule has 2 heterocycles. The van der Waals surface area contributed by atoms with Gasteiger partial charge in [0, 0.05) is 17.8 Å². The lowest BCUT2D eigenvalue weighted by molar-refractivity contribution is 0.409. The zero-order valence-electron chi connectivity index (χ0n) is 9.74. The summed E-state index contributed by atoms with van der Waals surface area (Å²) >= 11 is 3.38. The lowest BCUT2D eigenvalue weighted by atomic mass is 9.97. The van der Waals surface area contributed by atoms with Crippen molar-refractivity contribution in [2.24, 2.45) is 5.92 Å². The van der Waals surface area contributed by atoms with Crippen molar-refractivity contribution in [2.75, 3.05) is 13.7 Å². The summed E-state index contributed by atoms with van der Waals surface area (Å²) in [6, 6.07) is 2.58. The number of nitrogens with zero attached hydrogens (tertiary/aromatic N) is 1. The van der Waals surface area contributed by atoms with Crippen molar-refractivity contribution in [3.63, 3.8) is 0 Å². The van der Waals surface area contributed by atoms with Gasteiger partial charge >= 0.3 is 0 Å². The Morgan fingerprint density at radius 2 is 2.41 bits per heavy atom. The number of hydrogen-bond acceptors (Lipinski definition) is 3. The molecule has 0 unspecified atom stereocenters. The molecule has 1 aliphatic carbocycles. The van der Waals surface area contributed by atoms with E-state index in [0.29, 0.717) is 6.04 Å². The van der Waals surface area contributed by atoms with E-state index in [9.17, 15) is 0 Å². The normalized spacial score (nSPS) is 26.8. The molecule has 3 nitrogen and oxygen atoms in total. The van der Waals surface area contributed by atoms with Gasteiger partial charge in [0.2, 0.25) is 0 Å². The van der Waals surface area contributed by atoms with Crippen LogP contribution in [0.2, 0.25) is 0 Å². The summed E-state index contributed by atoms with van der Waals surface area (Å²) in [5.74, 6) is 1.57. The molecule has 1 fully saturated rings. The summed E-state index contributed by atoms with van der Waals surface area (Å²) in [4.78, 5) is 4.33. The number of aromatic nitrogens is 1. The van der Waals surface area contributed by atoms with Crippen molar-refractivity contribution in [2.45, 2.75) is 18.9 Å². The van der Waals surface area contributed by atoms with Crippen LogP contribution in [-0.4, -0.2) is 24.7 Å². The van der Waals surface area contributed by atoms with Crippen LogP contribution < -0.4 is 10.1 Å². The molecule has 17 heavy (non-hydrogen) atoms. The highest BCUT2D eigenvalue weighted by Gasteiger charge is 2.34. The molecule has 1 aromatic heterocycles. The number of fused-ring (bicyclic) bond motifs is 1. The summed E-state index contributed by atoms with van der Waals surface area (Å²) in [6.07, 6.45) is 6.73. The fourth-order valence-corrected chi connectivity index (χ4v) is 3.19. The molecule has 0 radical (unpaired) electrons. The molecule has 1 aliphatic heterocycles. The molecule has 0 aromatic carbocycles. The van der Waals surface area contributed by atoms with Gasteiger partial charge in [-0.1, -0.05) is 6.08 Å². The summed E-state index contributed by atoms with van der Waals surface area (Å²) < 4.78 is 6.06. The first-order valence-corrected chi connectivity index (χ1v) is 6.72. The summed E-state index contributed by atoms with van der Waals surface area (Å²) in [6.45, 7) is 1.13. The minimum Gasteiger partial charge on any atom is -0.494 e. The zero-order chi connectivity index (χ0) is 11.8. The SMILES string of the molecule is COc1cc(C2=CC[C@@H]3CCN[C@H]23)cnc1Br. The molecule has 0 spiro atoms. The van der Waals surface area contributed by atoms with Gasteiger partial charge < -0.3 is 10.1 Å². The first kappa shape index (κ1) is 11.2. The van der Waals surface area contributed by atoms with E-state index in [2.05, 4.69) is 38.4 Å². The second-order valence-corrected chi connectivity index (χ2v) is 5.34. The Morgan fingerprint density at radius 3 is 3.24 bits per heavy atom. The smallest absolute Gasteiger partial charge is 0.152 e. The van der Waals surface area contributed by atoms with E-state index in [-0.39, 0.29) is 0 Å². The first-order valence-electron chi connectivity index (χ1n) is 5.93. The molecule has 1 N–H and O–H groups in total. The number of hydrogen-bond donors (Lipinski definition) is 1. The maximum absolute atomic E-state index is 5.30. The van der Waals surface area contributed by atoms with Gasteiger partial charge in [0.25, 0.3) is 0 Å². The summed E-state index contributed by atoms with van der Waals surface area (Å²) in [5.41, 5.74) is 2.55. The van der Waals surface area contributed by atoms with Crippen LogP contribution in [0.3, 0.4) is 0 Å². The summed E-state index contributed by atoms with van der Waals surface area (Å²) in [5, 5.41) is 3.57. The maximum Gasteiger partial charge on any atom is 0.152 e. The van der Waals surface area contributed by atoms with Crippen LogP contribution in [0.15, 0.2) is 22.9 Å². The second kappa shape index (κ2) is 4.42. The van der Waals surface area contributed by atoms with Crippen molar-refractivity contribution in [3.8, 4) is 5.75 Å². The predicted octanol–water partition coefficient (Wildman–Crippen LogP) is 2.62. The third-order valence-electron chi connectivity index (χ3n) is 3.69. The molecular weight excluding hydrogens is 280 g/mol. The van der Waals surface area contributed by atoms with Crippen LogP contribution in [0.1, 0.15) is 18.4 Å². The van der Waals surface area contributed by atoms with Crippen LogP contribution in [0.5, 0.6) is 5.75 Å². The Balaban J connectivity index is 1.94. The molecule has 2 aliphatic rings. The van der Waals surface area contributed by atoms with Crippen molar-refractivity contribution < 1.29 is 4.74 Å². The minimum absolute atomic E-state index is 0.516. The number of methoxy groups -OCH3 is 1. The fraction of sp³-hybridized carbons (Fsp3) is 0.462. The van der Waals surface area contributed by atoms with E-state index >= 15 is 0 Å². The highest BCUT2D eigenvalue weighted by molar-refractivity contribution is 9.10. The Hall–Kier alpha value is -0.870. The van der Waals surface area contributed by atoms with E-state index in [0.717, 1.165) is 22.8 Å². The van der Waals surface area contributed by atoms with Gasteiger partial charge in [-0.05, 0) is 52.9 Å². The highest BCUT2D eigenvalue weighted by Crippen LogP contribution is 2.38. The van der Waals surface area contributed by atoms with Crippen LogP contribution in [0, 0.1) is 5.92 Å². The van der Waals surface area contributed by atoms with Gasteiger partial charge in [0.15, 0.2) is 5.75 Å². The van der Waals surface area contributed by atoms with Crippen molar-refractivity contribution >= 4 is 21.5 Å². The molecular formula is C13H15BrN2O. The number of allylic oxidation sites excluding steroid dienone is 1. The molecule has 1 saturated heterocycles. The van der Waals surface area contributed by atoms with Crippen LogP contribution in [0.25, 0.3) is 5.57 Å². The van der Waals surface area contributed by atoms with Gasteiger partial charge in [-0.25, -0.2) is 4.98 Å². The Labute approximate surface area is 109 Å². The number of rotatable bonds is 2. The third-order valence-corrected chi connectivity index (χ3v) is 4.28. The van der Waals surface area contributed by atoms with Crippen molar-refractivity contribution in [1.82, 2.24) is 10.3 Å². The molecule has 3 rings (SSSR count). The molecule has 0 amide bonds. The Bertz CT molecular complexity index is 472. The molecule has 1 aromatic rings. The topological polar surface area (TPSA) is 34.1 Å². The molecule has 2 atom stereocenters. The lowest BCUT2D eigenvalue weighted by Crippen LogP contribution is -2.24. The largest absolute Gasteiger partial charge is 0.494 e. The molecule has 0 bridgehead atoms. The van der Waals surface area contributed by atoms with Gasteiger partial charge in [0.1, 0.15) is 4.60 Å². The third kappa shape index (κ3) is 1.89. The molecule has 90 valence electrons. The average Bonchev–Trinajstić information content (AvgIpc) is 2.92. The van der Waals surface area contributed by atoms with Crippen molar-refractivity contribution in [1.29, 1.82) is 0 Å². The van der Waals surface area contributed by atoms with Gasteiger partial charge in [-0.15, -0.1) is 0 Å². The fourth-order valence-electron chi connectivity index (χ4n) is 2.81. The van der Waals surface area contributed by atoms with E-state index in [4.69, 9.17) is 4.74 Å². The Morgan fingerprint density at radius 1 is 1.53 bits per heavy atom.